The lowest BCUT2D eigenvalue weighted by atomic mass is 10.0. The number of hydrogen-bond donors (Lipinski definition) is 0. The highest BCUT2D eigenvalue weighted by Gasteiger charge is 2.36. The predicted molar refractivity (Wildman–Crippen MR) is 115 cm³/mol. The number of rotatable bonds is 5. The molecule has 3 aromatic rings. The highest BCUT2D eigenvalue weighted by Crippen LogP contribution is 2.31. The maximum Gasteiger partial charge on any atom is 0.359 e. The maximum atomic E-state index is 13.2. The molecule has 2 aliphatic rings. The van der Waals surface area contributed by atoms with Gasteiger partial charge in [-0.05, 0) is 30.7 Å². The molecule has 32 heavy (non-hydrogen) atoms. The van der Waals surface area contributed by atoms with Crippen molar-refractivity contribution in [1.82, 2.24) is 19.7 Å². The zero-order valence-electron chi connectivity index (χ0n) is 17.9. The molecular weight excluding hydrogens is 408 g/mol. The van der Waals surface area contributed by atoms with E-state index in [4.69, 9.17) is 9.47 Å². The highest BCUT2D eigenvalue weighted by molar-refractivity contribution is 5.90. The summed E-state index contributed by atoms with van der Waals surface area (Å²) in [6.45, 7) is 3.33. The van der Waals surface area contributed by atoms with Gasteiger partial charge in [-0.3, -0.25) is 14.5 Å². The molecule has 0 saturated carbocycles. The molecule has 1 atom stereocenters. The second-order valence-corrected chi connectivity index (χ2v) is 7.90. The summed E-state index contributed by atoms with van der Waals surface area (Å²) in [6.07, 6.45) is 2.35. The molecule has 0 saturated heterocycles. The number of nitrogens with zero attached hydrogens (tertiary/aromatic N) is 4. The summed E-state index contributed by atoms with van der Waals surface area (Å²) in [4.78, 5) is 32.0. The normalized spacial score (nSPS) is 16.8. The summed E-state index contributed by atoms with van der Waals surface area (Å²) < 4.78 is 12.9. The third-order valence-corrected chi connectivity index (χ3v) is 5.87. The van der Waals surface area contributed by atoms with Crippen molar-refractivity contribution in [2.75, 3.05) is 13.2 Å². The number of pyridine rings is 1. The van der Waals surface area contributed by atoms with Crippen LogP contribution < -0.4 is 4.74 Å². The smallest absolute Gasteiger partial charge is 0.359 e. The van der Waals surface area contributed by atoms with Crippen molar-refractivity contribution < 1.29 is 19.1 Å². The van der Waals surface area contributed by atoms with Gasteiger partial charge in [-0.1, -0.05) is 24.3 Å². The molecule has 2 aliphatic heterocycles. The Kier molecular flexibility index (Phi) is 5.34. The summed E-state index contributed by atoms with van der Waals surface area (Å²) in [6, 6.07) is 13.4. The zero-order chi connectivity index (χ0) is 22.1. The van der Waals surface area contributed by atoms with Crippen molar-refractivity contribution in [3.63, 3.8) is 0 Å². The Bertz CT molecular complexity index is 1130. The van der Waals surface area contributed by atoms with Crippen LogP contribution in [0.4, 0.5) is 0 Å². The first-order chi connectivity index (χ1) is 15.6. The second-order valence-electron chi connectivity index (χ2n) is 7.90. The average Bonchev–Trinajstić information content (AvgIpc) is 3.41. The summed E-state index contributed by atoms with van der Waals surface area (Å²) in [7, 11) is 0. The second kappa shape index (κ2) is 8.45. The maximum absolute atomic E-state index is 13.2. The number of fused-ring (bicyclic) bond motifs is 2. The molecule has 0 N–H and O–H groups in total. The van der Waals surface area contributed by atoms with Gasteiger partial charge in [-0.25, -0.2) is 4.79 Å². The third kappa shape index (κ3) is 3.72. The Balaban J connectivity index is 1.40. The molecule has 2 aromatic heterocycles. The van der Waals surface area contributed by atoms with Crippen LogP contribution in [0.15, 0.2) is 48.7 Å². The van der Waals surface area contributed by atoms with E-state index in [9.17, 15) is 9.59 Å². The topological polar surface area (TPSA) is 86.5 Å². The number of benzene rings is 1. The fraction of sp³-hybridized carbons (Fsp3) is 0.333. The SMILES string of the molecule is CCOC(=O)c1nn(Cc2ccccn2)c2c1CN(C(=O)C1Cc3ccccc3O1)CC2. The number of aromatic nitrogens is 3. The van der Waals surface area contributed by atoms with E-state index in [1.165, 1.54) is 0 Å². The van der Waals surface area contributed by atoms with E-state index in [0.29, 0.717) is 32.5 Å². The molecular formula is C24H24N4O4. The molecule has 0 fully saturated rings. The first kappa shape index (κ1) is 20.2. The number of ether oxygens (including phenoxy) is 2. The van der Waals surface area contributed by atoms with Crippen LogP contribution in [0.2, 0.25) is 0 Å². The summed E-state index contributed by atoms with van der Waals surface area (Å²) in [5.74, 6) is 0.223. The van der Waals surface area contributed by atoms with E-state index < -0.39 is 12.1 Å². The van der Waals surface area contributed by atoms with Gasteiger partial charge in [0, 0.05) is 36.8 Å². The predicted octanol–water partition coefficient (Wildman–Crippen LogP) is 2.39. The third-order valence-electron chi connectivity index (χ3n) is 5.87. The first-order valence-corrected chi connectivity index (χ1v) is 10.8. The van der Waals surface area contributed by atoms with Gasteiger partial charge in [0.15, 0.2) is 11.8 Å². The van der Waals surface area contributed by atoms with Gasteiger partial charge in [0.25, 0.3) is 5.91 Å². The van der Waals surface area contributed by atoms with E-state index >= 15 is 0 Å². The zero-order valence-corrected chi connectivity index (χ0v) is 17.9. The van der Waals surface area contributed by atoms with E-state index in [-0.39, 0.29) is 18.2 Å². The summed E-state index contributed by atoms with van der Waals surface area (Å²) >= 11 is 0. The quantitative estimate of drug-likeness (QED) is 0.576. The molecule has 8 nitrogen and oxygen atoms in total. The van der Waals surface area contributed by atoms with Gasteiger partial charge in [0.05, 0.1) is 25.4 Å². The standard InChI is InChI=1S/C24H24N4O4/c1-2-31-24(30)22-18-15-27(23(29)21-13-16-7-3-4-9-20(16)32-21)12-10-19(18)28(26-22)14-17-8-5-6-11-25-17/h3-9,11,21H,2,10,12-15H2,1H3. The largest absolute Gasteiger partial charge is 0.480 e. The number of para-hydroxylation sites is 1. The molecule has 0 radical (unpaired) electrons. The van der Waals surface area contributed by atoms with Crippen molar-refractivity contribution in [3.05, 3.63) is 76.9 Å². The van der Waals surface area contributed by atoms with E-state index in [1.54, 1.807) is 18.0 Å². The van der Waals surface area contributed by atoms with Gasteiger partial charge in [0.1, 0.15) is 5.75 Å². The van der Waals surface area contributed by atoms with Crippen molar-refractivity contribution in [3.8, 4) is 5.75 Å². The Hall–Kier alpha value is -3.68. The molecule has 1 unspecified atom stereocenters. The first-order valence-electron chi connectivity index (χ1n) is 10.8. The molecule has 0 spiro atoms. The molecule has 164 valence electrons. The molecule has 8 heteroatoms. The van der Waals surface area contributed by atoms with Crippen LogP contribution in [0.5, 0.6) is 5.75 Å². The van der Waals surface area contributed by atoms with Crippen LogP contribution in [-0.4, -0.2) is 50.8 Å². The minimum atomic E-state index is -0.538. The highest BCUT2D eigenvalue weighted by atomic mass is 16.5. The average molecular weight is 432 g/mol. The van der Waals surface area contributed by atoms with Gasteiger partial charge < -0.3 is 14.4 Å². The number of hydrogen-bond acceptors (Lipinski definition) is 6. The number of carbonyl (C=O) groups excluding carboxylic acids is 2. The monoisotopic (exact) mass is 432 g/mol. The van der Waals surface area contributed by atoms with Crippen LogP contribution in [0.25, 0.3) is 0 Å². The van der Waals surface area contributed by atoms with E-state index in [0.717, 1.165) is 28.3 Å². The minimum Gasteiger partial charge on any atom is -0.480 e. The number of esters is 1. The van der Waals surface area contributed by atoms with Crippen molar-refractivity contribution in [2.45, 2.75) is 39.0 Å². The van der Waals surface area contributed by atoms with Crippen LogP contribution in [0.3, 0.4) is 0 Å². The lowest BCUT2D eigenvalue weighted by Gasteiger charge is -2.29. The molecule has 1 aromatic carbocycles. The van der Waals surface area contributed by atoms with E-state index in [1.807, 2.05) is 47.1 Å². The Morgan fingerprint density at radius 3 is 2.81 bits per heavy atom. The fourth-order valence-electron chi connectivity index (χ4n) is 4.34. The van der Waals surface area contributed by atoms with Gasteiger partial charge >= 0.3 is 5.97 Å². The molecule has 0 aliphatic carbocycles. The van der Waals surface area contributed by atoms with Crippen LogP contribution in [0, 0.1) is 0 Å². The van der Waals surface area contributed by atoms with Crippen LogP contribution >= 0.6 is 0 Å². The molecule has 0 bridgehead atoms. The van der Waals surface area contributed by atoms with Crippen LogP contribution in [0.1, 0.15) is 39.9 Å². The summed E-state index contributed by atoms with van der Waals surface area (Å²) in [5, 5.41) is 4.56. The van der Waals surface area contributed by atoms with Crippen molar-refractivity contribution in [2.24, 2.45) is 0 Å². The molecule has 1 amide bonds. The molecule has 4 heterocycles. The minimum absolute atomic E-state index is 0.0702. The van der Waals surface area contributed by atoms with Gasteiger partial charge in [-0.15, -0.1) is 0 Å². The lowest BCUT2D eigenvalue weighted by Crippen LogP contribution is -2.44. The summed E-state index contributed by atoms with van der Waals surface area (Å²) in [5.41, 5.74) is 3.85. The Labute approximate surface area is 185 Å². The van der Waals surface area contributed by atoms with Crippen molar-refractivity contribution >= 4 is 11.9 Å². The molecule has 5 rings (SSSR count). The lowest BCUT2D eigenvalue weighted by molar-refractivity contribution is -0.138. The Morgan fingerprint density at radius 2 is 2.03 bits per heavy atom. The van der Waals surface area contributed by atoms with Gasteiger partial charge in [0.2, 0.25) is 0 Å². The number of amides is 1. The van der Waals surface area contributed by atoms with Crippen LogP contribution in [-0.2, 0) is 35.5 Å². The number of carbonyl (C=O) groups is 2. The van der Waals surface area contributed by atoms with Gasteiger partial charge in [-0.2, -0.15) is 5.10 Å². The fourth-order valence-corrected chi connectivity index (χ4v) is 4.34. The van der Waals surface area contributed by atoms with E-state index in [2.05, 4.69) is 10.1 Å². The Morgan fingerprint density at radius 1 is 1.19 bits per heavy atom. The van der Waals surface area contributed by atoms with Crippen molar-refractivity contribution in [1.29, 1.82) is 0 Å².